The predicted octanol–water partition coefficient (Wildman–Crippen LogP) is 5.03. The molecule has 3 aromatic carbocycles. The van der Waals surface area contributed by atoms with E-state index in [1.54, 1.807) is 18.4 Å². The fourth-order valence-corrected chi connectivity index (χ4v) is 5.60. The molecule has 0 saturated heterocycles. The molecule has 2 heterocycles. The summed E-state index contributed by atoms with van der Waals surface area (Å²) in [5.41, 5.74) is 3.20. The number of fused-ring (bicyclic) bond motifs is 1. The van der Waals surface area contributed by atoms with Crippen LogP contribution in [0.1, 0.15) is 36.6 Å². The molecule has 1 aromatic heterocycles. The zero-order valence-electron chi connectivity index (χ0n) is 20.9. The molecule has 38 heavy (non-hydrogen) atoms. The molecule has 1 unspecified atom stereocenters. The van der Waals surface area contributed by atoms with Crippen LogP contribution < -0.4 is 19.6 Å². The first-order valence-corrected chi connectivity index (χ1v) is 13.4. The van der Waals surface area contributed by atoms with Gasteiger partial charge in [0, 0.05) is 10.6 Å². The molecule has 1 aliphatic rings. The van der Waals surface area contributed by atoms with E-state index in [1.807, 2.05) is 84.9 Å². The first kappa shape index (κ1) is 25.7. The third kappa shape index (κ3) is 5.21. The van der Waals surface area contributed by atoms with Crippen LogP contribution in [0.3, 0.4) is 0 Å². The summed E-state index contributed by atoms with van der Waals surface area (Å²) in [6.07, 6.45) is 1.82. The molecular formula is C30H25ClN2O4S. The lowest BCUT2D eigenvalue weighted by Crippen LogP contribution is -2.39. The minimum absolute atomic E-state index is 0.223. The summed E-state index contributed by atoms with van der Waals surface area (Å²) in [6, 6.07) is 23.9. The topological polar surface area (TPSA) is 69.9 Å². The van der Waals surface area contributed by atoms with E-state index in [0.717, 1.165) is 16.7 Å². The standard InChI is InChI=1S/C30H25ClN2O4S/c1-3-36-29(35)26-19(2)32-30-33(27(26)21-11-5-4-6-12-21)28(34)25(38-30)17-20-10-9-14-23(16-20)37-18-22-13-7-8-15-24(22)31/h4-17,27H,3,18H2,1-2H3/b25-17-. The van der Waals surface area contributed by atoms with Gasteiger partial charge in [0.15, 0.2) is 4.80 Å². The van der Waals surface area contributed by atoms with Crippen LogP contribution in [0.25, 0.3) is 6.08 Å². The van der Waals surface area contributed by atoms with Gasteiger partial charge in [0.1, 0.15) is 12.4 Å². The second kappa shape index (κ2) is 11.2. The first-order valence-electron chi connectivity index (χ1n) is 12.2. The van der Waals surface area contributed by atoms with Crippen molar-refractivity contribution in [3.63, 3.8) is 0 Å². The fourth-order valence-electron chi connectivity index (χ4n) is 4.36. The lowest BCUT2D eigenvalue weighted by atomic mass is 9.96. The van der Waals surface area contributed by atoms with Crippen molar-refractivity contribution in [1.29, 1.82) is 0 Å². The highest BCUT2D eigenvalue weighted by atomic mass is 35.5. The smallest absolute Gasteiger partial charge is 0.338 e. The van der Waals surface area contributed by atoms with Gasteiger partial charge in [-0.3, -0.25) is 9.36 Å². The van der Waals surface area contributed by atoms with Gasteiger partial charge in [0.25, 0.3) is 5.56 Å². The van der Waals surface area contributed by atoms with Crippen LogP contribution in [0.15, 0.2) is 99.9 Å². The maximum absolute atomic E-state index is 13.7. The van der Waals surface area contributed by atoms with Crippen LogP contribution in [0.5, 0.6) is 5.75 Å². The summed E-state index contributed by atoms with van der Waals surface area (Å²) < 4.78 is 13.4. The monoisotopic (exact) mass is 544 g/mol. The lowest BCUT2D eigenvalue weighted by Gasteiger charge is -2.24. The molecule has 5 rings (SSSR count). The molecule has 0 amide bonds. The summed E-state index contributed by atoms with van der Waals surface area (Å²) >= 11 is 7.53. The molecular weight excluding hydrogens is 520 g/mol. The molecule has 0 bridgehead atoms. The zero-order chi connectivity index (χ0) is 26.6. The van der Waals surface area contributed by atoms with Gasteiger partial charge in [-0.15, -0.1) is 0 Å². The summed E-state index contributed by atoms with van der Waals surface area (Å²) in [5, 5.41) is 0.648. The zero-order valence-corrected chi connectivity index (χ0v) is 22.5. The summed E-state index contributed by atoms with van der Waals surface area (Å²) in [6.45, 7) is 4.10. The second-order valence-corrected chi connectivity index (χ2v) is 10.1. The molecule has 192 valence electrons. The fraction of sp³-hybridized carbons (Fsp3) is 0.167. The van der Waals surface area contributed by atoms with E-state index < -0.39 is 12.0 Å². The highest BCUT2D eigenvalue weighted by molar-refractivity contribution is 7.07. The van der Waals surface area contributed by atoms with Crippen LogP contribution in [-0.2, 0) is 16.1 Å². The van der Waals surface area contributed by atoms with Gasteiger partial charge in [-0.05, 0) is 49.2 Å². The number of ether oxygens (including phenoxy) is 2. The number of carbonyl (C=O) groups is 1. The van der Waals surface area contributed by atoms with Crippen LogP contribution >= 0.6 is 22.9 Å². The quantitative estimate of drug-likeness (QED) is 0.306. The molecule has 0 aliphatic carbocycles. The van der Waals surface area contributed by atoms with Crippen molar-refractivity contribution < 1.29 is 14.3 Å². The largest absolute Gasteiger partial charge is 0.489 e. The summed E-state index contributed by atoms with van der Waals surface area (Å²) in [4.78, 5) is 31.8. The van der Waals surface area contributed by atoms with Crippen LogP contribution in [0.2, 0.25) is 5.02 Å². The molecule has 1 atom stereocenters. The third-order valence-electron chi connectivity index (χ3n) is 6.14. The first-order chi connectivity index (χ1) is 18.5. The molecule has 0 N–H and O–H groups in total. The number of hydrogen-bond acceptors (Lipinski definition) is 6. The molecule has 6 nitrogen and oxygen atoms in total. The van der Waals surface area contributed by atoms with Gasteiger partial charge in [-0.25, -0.2) is 9.79 Å². The van der Waals surface area contributed by atoms with Crippen molar-refractivity contribution in [2.24, 2.45) is 4.99 Å². The number of nitrogens with zero attached hydrogens (tertiary/aromatic N) is 2. The molecule has 1 aliphatic heterocycles. The highest BCUT2D eigenvalue weighted by Crippen LogP contribution is 2.30. The average Bonchev–Trinajstić information content (AvgIpc) is 3.22. The van der Waals surface area contributed by atoms with E-state index in [0.29, 0.717) is 38.0 Å². The van der Waals surface area contributed by atoms with Gasteiger partial charge in [0.05, 0.1) is 28.5 Å². The maximum Gasteiger partial charge on any atom is 0.338 e. The normalized spacial score (nSPS) is 15.1. The molecule has 4 aromatic rings. The van der Waals surface area contributed by atoms with E-state index in [2.05, 4.69) is 4.99 Å². The number of allylic oxidation sites excluding steroid dienone is 1. The Morgan fingerprint density at radius 3 is 2.61 bits per heavy atom. The highest BCUT2D eigenvalue weighted by Gasteiger charge is 2.33. The molecule has 0 spiro atoms. The van der Waals surface area contributed by atoms with Gasteiger partial charge in [-0.1, -0.05) is 83.6 Å². The van der Waals surface area contributed by atoms with E-state index in [9.17, 15) is 9.59 Å². The average molecular weight is 545 g/mol. The number of benzene rings is 3. The van der Waals surface area contributed by atoms with Crippen molar-refractivity contribution >= 4 is 35.0 Å². The predicted molar refractivity (Wildman–Crippen MR) is 149 cm³/mol. The van der Waals surface area contributed by atoms with Gasteiger partial charge in [-0.2, -0.15) is 0 Å². The number of aromatic nitrogens is 1. The van der Waals surface area contributed by atoms with E-state index in [1.165, 1.54) is 11.3 Å². The Bertz CT molecular complexity index is 1710. The van der Waals surface area contributed by atoms with E-state index in [-0.39, 0.29) is 12.2 Å². The number of rotatable bonds is 7. The van der Waals surface area contributed by atoms with Gasteiger partial charge in [0.2, 0.25) is 0 Å². The Balaban J connectivity index is 1.54. The van der Waals surface area contributed by atoms with Crippen molar-refractivity contribution in [3.8, 4) is 5.75 Å². The van der Waals surface area contributed by atoms with Crippen molar-refractivity contribution in [3.05, 3.63) is 132 Å². The Morgan fingerprint density at radius 1 is 1.08 bits per heavy atom. The minimum atomic E-state index is -0.626. The van der Waals surface area contributed by atoms with Crippen LogP contribution in [0, 0.1) is 0 Å². The Morgan fingerprint density at radius 2 is 1.84 bits per heavy atom. The molecule has 0 saturated carbocycles. The maximum atomic E-state index is 13.7. The van der Waals surface area contributed by atoms with Gasteiger partial charge < -0.3 is 9.47 Å². The van der Waals surface area contributed by atoms with E-state index in [4.69, 9.17) is 21.1 Å². The molecule has 0 radical (unpaired) electrons. The lowest BCUT2D eigenvalue weighted by molar-refractivity contribution is -0.139. The summed E-state index contributed by atoms with van der Waals surface area (Å²) in [5.74, 6) is 0.189. The van der Waals surface area contributed by atoms with Crippen LogP contribution in [0.4, 0.5) is 0 Å². The molecule has 8 heteroatoms. The van der Waals surface area contributed by atoms with Crippen LogP contribution in [-0.4, -0.2) is 17.1 Å². The van der Waals surface area contributed by atoms with Crippen molar-refractivity contribution in [1.82, 2.24) is 4.57 Å². The number of halogens is 1. The number of hydrogen-bond donors (Lipinski definition) is 0. The van der Waals surface area contributed by atoms with E-state index >= 15 is 0 Å². The Hall–Kier alpha value is -3.94. The number of carbonyl (C=O) groups excluding carboxylic acids is 1. The van der Waals surface area contributed by atoms with Crippen molar-refractivity contribution in [2.75, 3.05) is 6.61 Å². The Kier molecular flexibility index (Phi) is 7.58. The van der Waals surface area contributed by atoms with Crippen molar-refractivity contribution in [2.45, 2.75) is 26.5 Å². The second-order valence-electron chi connectivity index (χ2n) is 8.67. The summed E-state index contributed by atoms with van der Waals surface area (Å²) in [7, 11) is 0. The number of esters is 1. The van der Waals surface area contributed by atoms with Gasteiger partial charge >= 0.3 is 5.97 Å². The number of thiazole rings is 1. The Labute approximate surface area is 228 Å². The minimum Gasteiger partial charge on any atom is -0.489 e. The molecule has 0 fully saturated rings. The SMILES string of the molecule is CCOC(=O)C1=C(C)N=c2s/c(=C\c3cccc(OCc4ccccc4Cl)c3)c(=O)n2C1c1ccccc1. The third-order valence-corrected chi connectivity index (χ3v) is 7.49.